The van der Waals surface area contributed by atoms with Crippen LogP contribution in [-0.2, 0) is 9.53 Å². The Morgan fingerprint density at radius 3 is 2.76 bits per heavy atom. The summed E-state index contributed by atoms with van der Waals surface area (Å²) in [5.74, 6) is 0.542. The minimum atomic E-state index is -0.131. The van der Waals surface area contributed by atoms with Gasteiger partial charge in [0.05, 0.1) is 5.92 Å². The number of rotatable bonds is 3. The summed E-state index contributed by atoms with van der Waals surface area (Å²) in [5, 5.41) is 0. The van der Waals surface area contributed by atoms with Gasteiger partial charge in [-0.1, -0.05) is 58.4 Å². The standard InChI is InChI=1S/C14H13BrO2/c15-10-13-9-12(14(16)17-13)8-4-7-11-5-2-1-3-6-11/h1-7,10,12H,8-9H2/b7-4+,13-10+. The molecule has 1 heterocycles. The molecule has 0 radical (unpaired) electrons. The van der Waals surface area contributed by atoms with Crippen LogP contribution in [0.15, 0.2) is 47.2 Å². The molecule has 1 fully saturated rings. The van der Waals surface area contributed by atoms with E-state index in [4.69, 9.17) is 4.74 Å². The summed E-state index contributed by atoms with van der Waals surface area (Å²) in [6.45, 7) is 0. The molecule has 1 aliphatic heterocycles. The van der Waals surface area contributed by atoms with Crippen molar-refractivity contribution in [1.82, 2.24) is 0 Å². The third kappa shape index (κ3) is 3.30. The highest BCUT2D eigenvalue weighted by Crippen LogP contribution is 2.28. The molecule has 2 nitrogen and oxygen atoms in total. The van der Waals surface area contributed by atoms with E-state index < -0.39 is 0 Å². The second-order valence-electron chi connectivity index (χ2n) is 3.95. The highest BCUT2D eigenvalue weighted by molar-refractivity contribution is 9.11. The number of hydrogen-bond acceptors (Lipinski definition) is 2. The Hall–Kier alpha value is -1.35. The lowest BCUT2D eigenvalue weighted by Crippen LogP contribution is -2.05. The number of carbonyl (C=O) groups excluding carboxylic acids is 1. The van der Waals surface area contributed by atoms with Gasteiger partial charge in [0.25, 0.3) is 0 Å². The van der Waals surface area contributed by atoms with E-state index in [1.54, 1.807) is 4.99 Å². The second-order valence-corrected chi connectivity index (χ2v) is 4.40. The molecule has 0 bridgehead atoms. The SMILES string of the molecule is O=C1O/C(=C/Br)CC1C/C=C/c1ccccc1. The number of carbonyl (C=O) groups is 1. The van der Waals surface area contributed by atoms with E-state index in [9.17, 15) is 4.79 Å². The molecule has 1 unspecified atom stereocenters. The molecule has 17 heavy (non-hydrogen) atoms. The molecular formula is C14H13BrO2. The average molecular weight is 293 g/mol. The van der Waals surface area contributed by atoms with E-state index >= 15 is 0 Å². The fourth-order valence-corrected chi connectivity index (χ4v) is 2.04. The van der Waals surface area contributed by atoms with Gasteiger partial charge in [0.2, 0.25) is 0 Å². The fraction of sp³-hybridized carbons (Fsp3) is 0.214. The van der Waals surface area contributed by atoms with Crippen molar-refractivity contribution in [3.63, 3.8) is 0 Å². The molecule has 0 amide bonds. The first kappa shape index (κ1) is 12.1. The minimum Gasteiger partial charge on any atom is -0.430 e. The van der Waals surface area contributed by atoms with E-state index in [-0.39, 0.29) is 11.9 Å². The van der Waals surface area contributed by atoms with Crippen LogP contribution in [-0.4, -0.2) is 5.97 Å². The molecule has 0 spiro atoms. The predicted molar refractivity (Wildman–Crippen MR) is 71.3 cm³/mol. The highest BCUT2D eigenvalue weighted by atomic mass is 79.9. The number of cyclic esters (lactones) is 1. The minimum absolute atomic E-state index is 0.0428. The molecule has 0 aromatic heterocycles. The van der Waals surface area contributed by atoms with Crippen LogP contribution in [0.4, 0.5) is 0 Å². The molecule has 1 saturated heterocycles. The van der Waals surface area contributed by atoms with Gasteiger partial charge in [-0.25, -0.2) is 0 Å². The molecule has 1 atom stereocenters. The Morgan fingerprint density at radius 1 is 1.35 bits per heavy atom. The largest absolute Gasteiger partial charge is 0.430 e. The van der Waals surface area contributed by atoms with Gasteiger partial charge in [0.15, 0.2) is 0 Å². The van der Waals surface area contributed by atoms with Crippen molar-refractivity contribution in [2.45, 2.75) is 12.8 Å². The van der Waals surface area contributed by atoms with E-state index in [2.05, 4.69) is 15.9 Å². The lowest BCUT2D eigenvalue weighted by Gasteiger charge is -1.98. The van der Waals surface area contributed by atoms with Crippen LogP contribution < -0.4 is 0 Å². The summed E-state index contributed by atoms with van der Waals surface area (Å²) in [4.78, 5) is 13.1. The zero-order valence-electron chi connectivity index (χ0n) is 9.30. The van der Waals surface area contributed by atoms with Gasteiger partial charge in [-0.15, -0.1) is 0 Å². The van der Waals surface area contributed by atoms with Crippen molar-refractivity contribution in [1.29, 1.82) is 0 Å². The topological polar surface area (TPSA) is 26.3 Å². The van der Waals surface area contributed by atoms with Crippen molar-refractivity contribution in [3.8, 4) is 0 Å². The lowest BCUT2D eigenvalue weighted by atomic mass is 10.0. The van der Waals surface area contributed by atoms with E-state index in [0.29, 0.717) is 12.2 Å². The number of esters is 1. The quantitative estimate of drug-likeness (QED) is 0.790. The Balaban J connectivity index is 1.91. The maximum Gasteiger partial charge on any atom is 0.314 e. The number of benzene rings is 1. The second kappa shape index (κ2) is 5.82. The molecule has 1 aromatic carbocycles. The van der Waals surface area contributed by atoms with E-state index in [1.807, 2.05) is 42.5 Å². The summed E-state index contributed by atoms with van der Waals surface area (Å²) in [7, 11) is 0. The number of hydrogen-bond donors (Lipinski definition) is 0. The summed E-state index contributed by atoms with van der Waals surface area (Å²) >= 11 is 3.18. The number of halogens is 1. The van der Waals surface area contributed by atoms with Crippen molar-refractivity contribution in [2.75, 3.05) is 0 Å². The summed E-state index contributed by atoms with van der Waals surface area (Å²) in [6.07, 6.45) is 5.46. The predicted octanol–water partition coefficient (Wildman–Crippen LogP) is 3.89. The summed E-state index contributed by atoms with van der Waals surface area (Å²) in [6, 6.07) is 10.0. The Morgan fingerprint density at radius 2 is 2.12 bits per heavy atom. The van der Waals surface area contributed by atoms with Gasteiger partial charge < -0.3 is 4.74 Å². The fourth-order valence-electron chi connectivity index (χ4n) is 1.76. The number of ether oxygens (including phenoxy) is 1. The van der Waals surface area contributed by atoms with Gasteiger partial charge in [0.1, 0.15) is 5.76 Å². The van der Waals surface area contributed by atoms with Gasteiger partial charge in [-0.05, 0) is 12.0 Å². The van der Waals surface area contributed by atoms with Gasteiger partial charge in [0, 0.05) is 11.4 Å². The van der Waals surface area contributed by atoms with Crippen molar-refractivity contribution in [3.05, 3.63) is 52.7 Å². The zero-order chi connectivity index (χ0) is 12.1. The maximum atomic E-state index is 11.5. The first-order chi connectivity index (χ1) is 8.29. The Labute approximate surface area is 109 Å². The van der Waals surface area contributed by atoms with Crippen LogP contribution in [0.1, 0.15) is 18.4 Å². The van der Waals surface area contributed by atoms with E-state index in [1.165, 1.54) is 0 Å². The lowest BCUT2D eigenvalue weighted by molar-refractivity contribution is -0.138. The van der Waals surface area contributed by atoms with Crippen molar-refractivity contribution < 1.29 is 9.53 Å². The van der Waals surface area contributed by atoms with Crippen LogP contribution in [0.3, 0.4) is 0 Å². The highest BCUT2D eigenvalue weighted by Gasteiger charge is 2.29. The van der Waals surface area contributed by atoms with Crippen molar-refractivity contribution in [2.24, 2.45) is 5.92 Å². The van der Waals surface area contributed by atoms with Crippen LogP contribution in [0.2, 0.25) is 0 Å². The molecular weight excluding hydrogens is 280 g/mol. The van der Waals surface area contributed by atoms with E-state index in [0.717, 1.165) is 12.0 Å². The number of allylic oxidation sites excluding steroid dienone is 2. The van der Waals surface area contributed by atoms with Crippen LogP contribution >= 0.6 is 15.9 Å². The third-order valence-corrected chi connectivity index (χ3v) is 3.18. The Bertz CT molecular complexity index is 449. The molecule has 0 N–H and O–H groups in total. The molecule has 1 aliphatic rings. The molecule has 0 saturated carbocycles. The summed E-state index contributed by atoms with van der Waals surface area (Å²) in [5.41, 5.74) is 1.15. The van der Waals surface area contributed by atoms with Crippen LogP contribution in [0.5, 0.6) is 0 Å². The maximum absolute atomic E-state index is 11.5. The van der Waals surface area contributed by atoms with Crippen LogP contribution in [0.25, 0.3) is 6.08 Å². The summed E-state index contributed by atoms with van der Waals surface area (Å²) < 4.78 is 5.07. The molecule has 1 aromatic rings. The monoisotopic (exact) mass is 292 g/mol. The molecule has 0 aliphatic carbocycles. The van der Waals surface area contributed by atoms with Gasteiger partial charge in [-0.3, -0.25) is 4.79 Å². The van der Waals surface area contributed by atoms with Crippen molar-refractivity contribution >= 4 is 28.0 Å². The van der Waals surface area contributed by atoms with Crippen LogP contribution in [0, 0.1) is 5.92 Å². The molecule has 3 heteroatoms. The third-order valence-electron chi connectivity index (χ3n) is 2.66. The first-order valence-electron chi connectivity index (χ1n) is 5.52. The Kier molecular flexibility index (Phi) is 4.15. The smallest absolute Gasteiger partial charge is 0.314 e. The average Bonchev–Trinajstić information content (AvgIpc) is 2.72. The molecule has 88 valence electrons. The normalized spacial score (nSPS) is 22.3. The zero-order valence-corrected chi connectivity index (χ0v) is 10.9. The van der Waals surface area contributed by atoms with Gasteiger partial charge >= 0.3 is 5.97 Å². The van der Waals surface area contributed by atoms with Gasteiger partial charge in [-0.2, -0.15) is 0 Å². The first-order valence-corrected chi connectivity index (χ1v) is 6.43. The molecule has 2 rings (SSSR count).